The van der Waals surface area contributed by atoms with Crippen LogP contribution in [0.3, 0.4) is 0 Å². The van der Waals surface area contributed by atoms with Crippen molar-refractivity contribution in [2.45, 2.75) is 19.4 Å². The van der Waals surface area contributed by atoms with Crippen LogP contribution in [0.15, 0.2) is 46.9 Å². The minimum absolute atomic E-state index is 0.232. The van der Waals surface area contributed by atoms with Crippen LogP contribution in [-0.2, 0) is 13.0 Å². The lowest BCUT2D eigenvalue weighted by Gasteiger charge is -2.10. The van der Waals surface area contributed by atoms with Gasteiger partial charge in [-0.25, -0.2) is 0 Å². The van der Waals surface area contributed by atoms with Gasteiger partial charge in [0.25, 0.3) is 0 Å². The summed E-state index contributed by atoms with van der Waals surface area (Å²) in [5, 5.41) is 13.0. The number of nitrogens with one attached hydrogen (secondary N) is 1. The number of rotatable bonds is 6. The van der Waals surface area contributed by atoms with E-state index in [1.54, 1.807) is 0 Å². The second kappa shape index (κ2) is 7.67. The predicted molar refractivity (Wildman–Crippen MR) is 88.3 cm³/mol. The number of aliphatic hydroxyl groups excluding tert-OH is 1. The number of aliphatic hydroxyl groups is 1. The molecule has 2 nitrogen and oxygen atoms in total. The molecule has 2 aromatic carbocycles. The van der Waals surface area contributed by atoms with E-state index in [1.165, 1.54) is 5.56 Å². The van der Waals surface area contributed by atoms with Crippen molar-refractivity contribution in [1.29, 1.82) is 0 Å². The zero-order valence-electron chi connectivity index (χ0n) is 11.1. The van der Waals surface area contributed by atoms with Gasteiger partial charge in [0.1, 0.15) is 0 Å². The Bertz CT molecular complexity index is 574. The van der Waals surface area contributed by atoms with Gasteiger partial charge >= 0.3 is 0 Å². The van der Waals surface area contributed by atoms with E-state index >= 15 is 0 Å². The molecule has 2 rings (SSSR count). The van der Waals surface area contributed by atoms with E-state index < -0.39 is 0 Å². The minimum atomic E-state index is 0.232. The Hall–Kier alpha value is -1.03. The molecule has 0 aliphatic rings. The third-order valence-electron chi connectivity index (χ3n) is 3.05. The van der Waals surface area contributed by atoms with Gasteiger partial charge in [-0.05, 0) is 48.2 Å². The molecule has 0 aliphatic heterocycles. The van der Waals surface area contributed by atoms with Crippen molar-refractivity contribution in [2.75, 3.05) is 11.9 Å². The quantitative estimate of drug-likeness (QED) is 0.792. The first-order valence-corrected chi connectivity index (χ1v) is 7.74. The highest BCUT2D eigenvalue weighted by molar-refractivity contribution is 9.10. The van der Waals surface area contributed by atoms with Crippen LogP contribution >= 0.6 is 27.5 Å². The summed E-state index contributed by atoms with van der Waals surface area (Å²) in [4.78, 5) is 0. The third kappa shape index (κ3) is 4.51. The number of hydrogen-bond acceptors (Lipinski definition) is 2. The Kier molecular flexibility index (Phi) is 5.89. The van der Waals surface area contributed by atoms with Crippen molar-refractivity contribution in [1.82, 2.24) is 0 Å². The summed E-state index contributed by atoms with van der Waals surface area (Å²) in [6, 6.07) is 14.1. The van der Waals surface area contributed by atoms with Gasteiger partial charge in [0.15, 0.2) is 0 Å². The van der Waals surface area contributed by atoms with Gasteiger partial charge in [-0.15, -0.1) is 0 Å². The second-order valence-corrected chi connectivity index (χ2v) is 5.91. The van der Waals surface area contributed by atoms with Gasteiger partial charge in [-0.1, -0.05) is 45.7 Å². The molecule has 0 fully saturated rings. The average Bonchev–Trinajstić information content (AvgIpc) is 2.45. The maximum atomic E-state index is 8.87. The van der Waals surface area contributed by atoms with E-state index in [1.807, 2.05) is 30.3 Å². The molecule has 0 heterocycles. The molecular formula is C16H17BrClNO. The van der Waals surface area contributed by atoms with Gasteiger partial charge in [0.05, 0.1) is 0 Å². The standard InChI is InChI=1S/C16H17BrClNO/c17-16-10-14(18)7-6-13(16)11-19-15-5-1-3-12(9-15)4-2-8-20/h1,3,5-7,9-10,19-20H,2,4,8,11H2. The van der Waals surface area contributed by atoms with E-state index in [9.17, 15) is 0 Å². The lowest BCUT2D eigenvalue weighted by atomic mass is 10.1. The van der Waals surface area contributed by atoms with Crippen molar-refractivity contribution in [2.24, 2.45) is 0 Å². The van der Waals surface area contributed by atoms with Crippen molar-refractivity contribution < 1.29 is 5.11 Å². The topological polar surface area (TPSA) is 32.3 Å². The lowest BCUT2D eigenvalue weighted by Crippen LogP contribution is -2.01. The molecule has 0 atom stereocenters. The molecule has 2 N–H and O–H groups in total. The van der Waals surface area contributed by atoms with E-state index in [0.29, 0.717) is 0 Å². The smallest absolute Gasteiger partial charge is 0.0434 e. The normalized spacial score (nSPS) is 10.6. The summed E-state index contributed by atoms with van der Waals surface area (Å²) in [6.07, 6.45) is 1.70. The van der Waals surface area contributed by atoms with E-state index in [4.69, 9.17) is 16.7 Å². The Balaban J connectivity index is 1.99. The summed E-state index contributed by atoms with van der Waals surface area (Å²) >= 11 is 9.45. The molecule has 0 aliphatic carbocycles. The van der Waals surface area contributed by atoms with Crippen LogP contribution in [0.5, 0.6) is 0 Å². The highest BCUT2D eigenvalue weighted by atomic mass is 79.9. The summed E-state index contributed by atoms with van der Waals surface area (Å²) in [5.41, 5.74) is 3.48. The first kappa shape index (κ1) is 15.4. The monoisotopic (exact) mass is 353 g/mol. The van der Waals surface area contributed by atoms with Crippen LogP contribution in [-0.4, -0.2) is 11.7 Å². The van der Waals surface area contributed by atoms with Crippen molar-refractivity contribution in [3.8, 4) is 0 Å². The second-order valence-electron chi connectivity index (χ2n) is 4.62. The zero-order valence-corrected chi connectivity index (χ0v) is 13.4. The number of halogens is 2. The van der Waals surface area contributed by atoms with Crippen LogP contribution in [0.2, 0.25) is 5.02 Å². The molecule has 0 aromatic heterocycles. The first-order chi connectivity index (χ1) is 9.69. The lowest BCUT2D eigenvalue weighted by molar-refractivity contribution is 0.288. The Morgan fingerprint density at radius 2 is 2.00 bits per heavy atom. The van der Waals surface area contributed by atoms with E-state index in [-0.39, 0.29) is 6.61 Å². The van der Waals surface area contributed by atoms with Gasteiger partial charge < -0.3 is 10.4 Å². The zero-order chi connectivity index (χ0) is 14.4. The maximum absolute atomic E-state index is 8.87. The molecule has 0 radical (unpaired) electrons. The molecule has 2 aromatic rings. The SMILES string of the molecule is OCCCc1cccc(NCc2ccc(Cl)cc2Br)c1. The van der Waals surface area contributed by atoms with Crippen molar-refractivity contribution in [3.63, 3.8) is 0 Å². The molecule has 106 valence electrons. The number of aryl methyl sites for hydroxylation is 1. The van der Waals surface area contributed by atoms with Gasteiger partial charge in [0.2, 0.25) is 0 Å². The first-order valence-electron chi connectivity index (χ1n) is 6.56. The van der Waals surface area contributed by atoms with Crippen molar-refractivity contribution in [3.05, 3.63) is 63.1 Å². The summed E-state index contributed by atoms with van der Waals surface area (Å²) in [6.45, 7) is 0.969. The van der Waals surface area contributed by atoms with Gasteiger partial charge in [-0.2, -0.15) is 0 Å². The van der Waals surface area contributed by atoms with Crippen LogP contribution in [0, 0.1) is 0 Å². The Morgan fingerprint density at radius 1 is 1.15 bits per heavy atom. The summed E-state index contributed by atoms with van der Waals surface area (Å²) in [7, 11) is 0. The van der Waals surface area contributed by atoms with Crippen molar-refractivity contribution >= 4 is 33.2 Å². The Labute approximate surface area is 132 Å². The molecular weight excluding hydrogens is 338 g/mol. The molecule has 0 saturated carbocycles. The van der Waals surface area contributed by atoms with Gasteiger partial charge in [0, 0.05) is 28.3 Å². The predicted octanol–water partition coefficient (Wildman–Crippen LogP) is 4.64. The van der Waals surface area contributed by atoms with Crippen LogP contribution in [0.25, 0.3) is 0 Å². The molecule has 0 bridgehead atoms. The summed E-state index contributed by atoms with van der Waals surface area (Å²) < 4.78 is 1.01. The van der Waals surface area contributed by atoms with Crippen LogP contribution < -0.4 is 5.32 Å². The molecule has 0 unspecified atom stereocenters. The fourth-order valence-electron chi connectivity index (χ4n) is 1.98. The molecule has 4 heteroatoms. The fraction of sp³-hybridized carbons (Fsp3) is 0.250. The number of hydrogen-bond donors (Lipinski definition) is 2. The maximum Gasteiger partial charge on any atom is 0.0434 e. The van der Waals surface area contributed by atoms with Crippen LogP contribution in [0.4, 0.5) is 5.69 Å². The fourth-order valence-corrected chi connectivity index (χ4v) is 2.81. The highest BCUT2D eigenvalue weighted by Crippen LogP contribution is 2.22. The molecule has 20 heavy (non-hydrogen) atoms. The number of benzene rings is 2. The molecule has 0 spiro atoms. The highest BCUT2D eigenvalue weighted by Gasteiger charge is 2.01. The number of anilines is 1. The largest absolute Gasteiger partial charge is 0.396 e. The molecule has 0 amide bonds. The van der Waals surface area contributed by atoms with Crippen LogP contribution in [0.1, 0.15) is 17.5 Å². The minimum Gasteiger partial charge on any atom is -0.396 e. The summed E-state index contributed by atoms with van der Waals surface area (Å²) in [5.74, 6) is 0. The third-order valence-corrected chi connectivity index (χ3v) is 4.02. The van der Waals surface area contributed by atoms with E-state index in [0.717, 1.165) is 40.1 Å². The molecule has 0 saturated heterocycles. The van der Waals surface area contributed by atoms with E-state index in [2.05, 4.69) is 33.4 Å². The Morgan fingerprint density at radius 3 is 2.75 bits per heavy atom. The average molecular weight is 355 g/mol. The van der Waals surface area contributed by atoms with Gasteiger partial charge in [-0.3, -0.25) is 0 Å².